The third-order valence-corrected chi connectivity index (χ3v) is 4.71. The topological polar surface area (TPSA) is 114 Å². The number of fused-ring (bicyclic) bond motifs is 1. The molecule has 9 nitrogen and oxygen atoms in total. The molecule has 3 N–H and O–H groups in total. The molecule has 0 aliphatic rings. The highest BCUT2D eigenvalue weighted by Crippen LogP contribution is 2.34. The molecule has 0 bridgehead atoms. The second-order valence-corrected chi connectivity index (χ2v) is 8.71. The summed E-state index contributed by atoms with van der Waals surface area (Å²) in [6.07, 6.45) is 1.24. The normalized spacial score (nSPS) is 11.1. The molecule has 0 saturated heterocycles. The fraction of sp³-hybridized carbons (Fsp3) is 0.333. The Bertz CT molecular complexity index is 1140. The Balaban J connectivity index is 1.66. The van der Waals surface area contributed by atoms with Crippen LogP contribution in [0.3, 0.4) is 0 Å². The maximum Gasteiger partial charge on any atom is 0.233 e. The van der Waals surface area contributed by atoms with E-state index < -0.39 is 0 Å². The van der Waals surface area contributed by atoms with Gasteiger partial charge in [-0.1, -0.05) is 20.8 Å². The lowest BCUT2D eigenvalue weighted by Gasteiger charge is -2.18. The van der Waals surface area contributed by atoms with Crippen molar-refractivity contribution >= 4 is 39.9 Å². The largest absolute Gasteiger partial charge is 0.493 e. The number of carbonyl (C=O) groups is 2. The van der Waals surface area contributed by atoms with E-state index in [-0.39, 0.29) is 23.7 Å². The van der Waals surface area contributed by atoms with E-state index >= 15 is 0 Å². The average Bonchev–Trinajstić information content (AvgIpc) is 2.77. The number of carbonyl (C=O) groups excluding carboxylic acids is 2. The highest BCUT2D eigenvalue weighted by atomic mass is 16.5. The summed E-state index contributed by atoms with van der Waals surface area (Å²) in [7, 11) is 3.14. The fourth-order valence-electron chi connectivity index (χ4n) is 3.03. The lowest BCUT2D eigenvalue weighted by Crippen LogP contribution is -2.34. The first-order valence-electron chi connectivity index (χ1n) is 10.5. The number of hydrogen-bond acceptors (Lipinski definition) is 7. The smallest absolute Gasteiger partial charge is 0.233 e. The summed E-state index contributed by atoms with van der Waals surface area (Å²) >= 11 is 0. The zero-order valence-electron chi connectivity index (χ0n) is 19.5. The van der Waals surface area contributed by atoms with E-state index in [1.807, 2.05) is 39.0 Å². The molecule has 2 amide bonds. The van der Waals surface area contributed by atoms with Gasteiger partial charge in [0.15, 0.2) is 11.5 Å². The van der Waals surface area contributed by atoms with E-state index in [9.17, 15) is 9.59 Å². The van der Waals surface area contributed by atoms with E-state index in [0.29, 0.717) is 35.1 Å². The molecule has 174 valence electrons. The van der Waals surface area contributed by atoms with E-state index in [4.69, 9.17) is 9.47 Å². The molecule has 0 aliphatic heterocycles. The van der Waals surface area contributed by atoms with E-state index in [1.54, 1.807) is 32.4 Å². The third-order valence-electron chi connectivity index (χ3n) is 4.71. The number of ether oxygens (including phenoxy) is 2. The van der Waals surface area contributed by atoms with Crippen LogP contribution >= 0.6 is 0 Å². The molecule has 2 aromatic carbocycles. The van der Waals surface area contributed by atoms with Crippen LogP contribution in [-0.2, 0) is 9.59 Å². The third kappa shape index (κ3) is 6.55. The molecule has 0 atom stereocenters. The summed E-state index contributed by atoms with van der Waals surface area (Å²) in [5.74, 6) is 1.09. The molecule has 1 heterocycles. The average molecular weight is 452 g/mol. The minimum Gasteiger partial charge on any atom is -0.493 e. The highest BCUT2D eigenvalue weighted by molar-refractivity contribution is 6.03. The van der Waals surface area contributed by atoms with Gasteiger partial charge in [0.05, 0.1) is 19.7 Å². The number of hydrogen-bond donors (Lipinski definition) is 3. The summed E-state index contributed by atoms with van der Waals surface area (Å²) < 4.78 is 10.7. The van der Waals surface area contributed by atoms with Gasteiger partial charge in [0.2, 0.25) is 11.8 Å². The zero-order chi connectivity index (χ0) is 24.0. The molecule has 9 heteroatoms. The van der Waals surface area contributed by atoms with Crippen molar-refractivity contribution in [3.8, 4) is 11.5 Å². The van der Waals surface area contributed by atoms with Gasteiger partial charge >= 0.3 is 0 Å². The van der Waals surface area contributed by atoms with Crippen molar-refractivity contribution in [1.82, 2.24) is 15.3 Å². The monoisotopic (exact) mass is 451 g/mol. The first-order chi connectivity index (χ1) is 15.7. The van der Waals surface area contributed by atoms with Crippen molar-refractivity contribution in [3.63, 3.8) is 0 Å². The Morgan fingerprint density at radius 3 is 2.18 bits per heavy atom. The Kier molecular flexibility index (Phi) is 7.32. The Labute approximate surface area is 192 Å². The zero-order valence-corrected chi connectivity index (χ0v) is 19.5. The number of rotatable bonds is 8. The molecular formula is C24H29N5O4. The minimum absolute atomic E-state index is 0.0405. The number of nitrogens with one attached hydrogen (secondary N) is 3. The number of amides is 2. The molecule has 0 aliphatic carbocycles. The SMILES string of the molecule is COc1cc2ncnc(Nc3ccc(NC(=O)CC(=O)NCC(C)(C)C)cc3)c2cc1OC. The van der Waals surface area contributed by atoms with Crippen molar-refractivity contribution < 1.29 is 19.1 Å². The van der Waals surface area contributed by atoms with Gasteiger partial charge in [-0.25, -0.2) is 9.97 Å². The van der Waals surface area contributed by atoms with Gasteiger partial charge in [0.25, 0.3) is 0 Å². The number of nitrogens with zero attached hydrogens (tertiary/aromatic N) is 2. The van der Waals surface area contributed by atoms with Gasteiger partial charge in [-0.3, -0.25) is 9.59 Å². The fourth-order valence-corrected chi connectivity index (χ4v) is 3.03. The van der Waals surface area contributed by atoms with E-state index in [1.165, 1.54) is 6.33 Å². The van der Waals surface area contributed by atoms with Crippen LogP contribution in [0.15, 0.2) is 42.7 Å². The van der Waals surface area contributed by atoms with Gasteiger partial charge in [-0.05, 0) is 35.7 Å². The van der Waals surface area contributed by atoms with Crippen LogP contribution in [0.2, 0.25) is 0 Å². The van der Waals surface area contributed by atoms with E-state index in [0.717, 1.165) is 11.1 Å². The standard InChI is InChI=1S/C24H29N5O4/c1-24(2,3)13-25-21(30)12-22(31)28-15-6-8-16(9-7-15)29-23-17-10-19(32-4)20(33-5)11-18(17)26-14-27-23/h6-11,14H,12-13H2,1-5H3,(H,25,30)(H,28,31)(H,26,27,29). The first-order valence-corrected chi connectivity index (χ1v) is 10.5. The maximum atomic E-state index is 12.2. The lowest BCUT2D eigenvalue weighted by molar-refractivity contribution is -0.127. The first kappa shape index (κ1) is 23.8. The summed E-state index contributed by atoms with van der Waals surface area (Å²) in [4.78, 5) is 32.7. The lowest BCUT2D eigenvalue weighted by atomic mass is 9.97. The van der Waals surface area contributed by atoms with Crippen LogP contribution in [0.25, 0.3) is 10.9 Å². The van der Waals surface area contributed by atoms with Gasteiger partial charge in [0, 0.05) is 29.4 Å². The highest BCUT2D eigenvalue weighted by Gasteiger charge is 2.15. The molecule has 3 aromatic rings. The van der Waals surface area contributed by atoms with Crippen molar-refractivity contribution in [1.29, 1.82) is 0 Å². The number of aromatic nitrogens is 2. The molecule has 3 rings (SSSR count). The van der Waals surface area contributed by atoms with Crippen LogP contribution in [-0.4, -0.2) is 42.5 Å². The quantitative estimate of drug-likeness (QED) is 0.445. The van der Waals surface area contributed by atoms with Crippen LogP contribution in [0.4, 0.5) is 17.2 Å². The van der Waals surface area contributed by atoms with Gasteiger partial charge in [-0.15, -0.1) is 0 Å². The second-order valence-electron chi connectivity index (χ2n) is 8.71. The van der Waals surface area contributed by atoms with E-state index in [2.05, 4.69) is 25.9 Å². The second kappa shape index (κ2) is 10.2. The Hall–Kier alpha value is -3.88. The molecule has 0 spiro atoms. The van der Waals surface area contributed by atoms with Crippen LogP contribution < -0.4 is 25.4 Å². The summed E-state index contributed by atoms with van der Waals surface area (Å²) in [6.45, 7) is 6.55. The summed E-state index contributed by atoms with van der Waals surface area (Å²) in [6, 6.07) is 10.7. The molecule has 0 radical (unpaired) electrons. The Morgan fingerprint density at radius 1 is 0.909 bits per heavy atom. The molecule has 0 saturated carbocycles. The predicted molar refractivity (Wildman–Crippen MR) is 128 cm³/mol. The van der Waals surface area contributed by atoms with Gasteiger partial charge < -0.3 is 25.4 Å². The van der Waals surface area contributed by atoms with Crippen molar-refractivity contribution in [3.05, 3.63) is 42.7 Å². The number of anilines is 3. The van der Waals surface area contributed by atoms with Crippen molar-refractivity contribution in [2.75, 3.05) is 31.4 Å². The predicted octanol–water partition coefficient (Wildman–Crippen LogP) is 3.88. The maximum absolute atomic E-state index is 12.2. The Morgan fingerprint density at radius 2 is 1.55 bits per heavy atom. The van der Waals surface area contributed by atoms with Crippen molar-refractivity contribution in [2.45, 2.75) is 27.2 Å². The summed E-state index contributed by atoms with van der Waals surface area (Å²) in [5, 5.41) is 9.53. The molecule has 0 fully saturated rings. The van der Waals surface area contributed by atoms with Crippen molar-refractivity contribution in [2.24, 2.45) is 5.41 Å². The minimum atomic E-state index is -0.370. The molecule has 1 aromatic heterocycles. The van der Waals surface area contributed by atoms with Crippen LogP contribution in [0.5, 0.6) is 11.5 Å². The molecular weight excluding hydrogens is 422 g/mol. The van der Waals surface area contributed by atoms with Gasteiger partial charge in [-0.2, -0.15) is 0 Å². The number of methoxy groups -OCH3 is 2. The summed E-state index contributed by atoms with van der Waals surface area (Å²) in [5.41, 5.74) is 2.03. The molecule has 33 heavy (non-hydrogen) atoms. The molecule has 0 unspecified atom stereocenters. The van der Waals surface area contributed by atoms with Crippen LogP contribution in [0.1, 0.15) is 27.2 Å². The van der Waals surface area contributed by atoms with Crippen LogP contribution in [0, 0.1) is 5.41 Å². The number of benzene rings is 2. The van der Waals surface area contributed by atoms with Gasteiger partial charge in [0.1, 0.15) is 18.6 Å².